The summed E-state index contributed by atoms with van der Waals surface area (Å²) in [5, 5.41) is 0. The maximum atomic E-state index is 13.7. The van der Waals surface area contributed by atoms with Gasteiger partial charge in [0.2, 0.25) is 5.91 Å². The fourth-order valence-electron chi connectivity index (χ4n) is 5.80. The highest BCUT2D eigenvalue weighted by Gasteiger charge is 2.67. The molecule has 4 rings (SSSR count). The van der Waals surface area contributed by atoms with E-state index in [0.717, 1.165) is 11.3 Å². The van der Waals surface area contributed by atoms with Gasteiger partial charge in [-0.2, -0.15) is 0 Å². The first-order chi connectivity index (χ1) is 18.2. The van der Waals surface area contributed by atoms with Crippen LogP contribution in [0.5, 0.6) is 0 Å². The van der Waals surface area contributed by atoms with Gasteiger partial charge in [0, 0.05) is 12.1 Å². The number of hydrogen-bond donors (Lipinski definition) is 0. The first kappa shape index (κ1) is 26.9. The molecule has 3 heterocycles. The van der Waals surface area contributed by atoms with Gasteiger partial charge in [-0.05, 0) is 30.9 Å². The summed E-state index contributed by atoms with van der Waals surface area (Å²) in [6, 6.07) is 5.61. The number of fused-ring (bicyclic) bond motifs is 1. The zero-order chi connectivity index (χ0) is 27.8. The molecular weight excluding hydrogens is 490 g/mol. The lowest BCUT2D eigenvalue weighted by Crippen LogP contribution is -2.56. The SMILES string of the molecule is CC#CCN1c2ccccc2[C@]23C[C@@H](C(=O)OC)N(C(=O)CC(C)C)C2=NC(C(=O)OC)=C(C(=O)OC)[C@H]13. The van der Waals surface area contributed by atoms with E-state index in [1.165, 1.54) is 26.2 Å². The minimum atomic E-state index is -1.14. The van der Waals surface area contributed by atoms with Crippen molar-refractivity contribution >= 4 is 35.3 Å². The molecule has 1 aromatic rings. The van der Waals surface area contributed by atoms with Crippen molar-refractivity contribution in [2.45, 2.75) is 51.1 Å². The van der Waals surface area contributed by atoms with Crippen LogP contribution in [0.3, 0.4) is 0 Å². The third-order valence-corrected chi connectivity index (χ3v) is 7.21. The molecule has 3 atom stereocenters. The van der Waals surface area contributed by atoms with Gasteiger partial charge in [-0.25, -0.2) is 19.4 Å². The van der Waals surface area contributed by atoms with Crippen molar-refractivity contribution in [1.82, 2.24) is 4.90 Å². The van der Waals surface area contributed by atoms with Crippen molar-refractivity contribution in [3.8, 4) is 11.8 Å². The van der Waals surface area contributed by atoms with Crippen molar-refractivity contribution in [1.29, 1.82) is 0 Å². The van der Waals surface area contributed by atoms with Crippen LogP contribution >= 0.6 is 0 Å². The Hall–Kier alpha value is -4.13. The van der Waals surface area contributed by atoms with E-state index in [2.05, 4.69) is 16.8 Å². The van der Waals surface area contributed by atoms with E-state index in [-0.39, 0.29) is 48.3 Å². The summed E-state index contributed by atoms with van der Waals surface area (Å²) in [6.45, 7) is 5.71. The molecule has 0 aromatic heterocycles. The Balaban J connectivity index is 2.11. The summed E-state index contributed by atoms with van der Waals surface area (Å²) in [7, 11) is 3.67. The lowest BCUT2D eigenvalue weighted by Gasteiger charge is -2.40. The van der Waals surface area contributed by atoms with Gasteiger partial charge in [0.25, 0.3) is 0 Å². The van der Waals surface area contributed by atoms with Crippen LogP contribution in [0.4, 0.5) is 5.69 Å². The fraction of sp³-hybridized carbons (Fsp3) is 0.464. The summed E-state index contributed by atoms with van der Waals surface area (Å²) >= 11 is 0. The van der Waals surface area contributed by atoms with Crippen molar-refractivity contribution in [2.24, 2.45) is 10.9 Å². The van der Waals surface area contributed by atoms with Crippen LogP contribution in [-0.4, -0.2) is 74.5 Å². The monoisotopic (exact) mass is 521 g/mol. The number of methoxy groups -OCH3 is 3. The molecular formula is C28H31N3O7. The van der Waals surface area contributed by atoms with Gasteiger partial charge in [-0.15, -0.1) is 5.92 Å². The normalized spacial score (nSPS) is 23.1. The van der Waals surface area contributed by atoms with Gasteiger partial charge >= 0.3 is 17.9 Å². The van der Waals surface area contributed by atoms with Crippen molar-refractivity contribution in [2.75, 3.05) is 32.8 Å². The molecule has 0 bridgehead atoms. The van der Waals surface area contributed by atoms with E-state index in [1.54, 1.807) is 6.92 Å². The van der Waals surface area contributed by atoms with Gasteiger partial charge in [0.1, 0.15) is 11.9 Å². The second-order valence-corrected chi connectivity index (χ2v) is 9.73. The number of nitrogens with zero attached hydrogens (tertiary/aromatic N) is 3. The van der Waals surface area contributed by atoms with Gasteiger partial charge in [0.15, 0.2) is 5.70 Å². The average molecular weight is 522 g/mol. The number of rotatable bonds is 6. The number of carbonyl (C=O) groups is 4. The maximum absolute atomic E-state index is 13.7. The zero-order valence-corrected chi connectivity index (χ0v) is 22.4. The molecule has 38 heavy (non-hydrogen) atoms. The molecule has 3 aliphatic rings. The smallest absolute Gasteiger partial charge is 0.357 e. The molecule has 10 nitrogen and oxygen atoms in total. The molecule has 10 heteroatoms. The van der Waals surface area contributed by atoms with E-state index < -0.39 is 35.4 Å². The lowest BCUT2D eigenvalue weighted by atomic mass is 9.69. The lowest BCUT2D eigenvalue weighted by molar-refractivity contribution is -0.149. The molecule has 1 spiro atoms. The molecule has 200 valence electrons. The minimum Gasteiger partial charge on any atom is -0.467 e. The topological polar surface area (TPSA) is 115 Å². The van der Waals surface area contributed by atoms with Gasteiger partial charge < -0.3 is 19.1 Å². The zero-order valence-electron chi connectivity index (χ0n) is 22.4. The number of anilines is 1. The number of likely N-dealkylation sites (tertiary alicyclic amines) is 1. The van der Waals surface area contributed by atoms with Crippen LogP contribution in [0.25, 0.3) is 0 Å². The molecule has 0 saturated carbocycles. The van der Waals surface area contributed by atoms with E-state index in [1.807, 2.05) is 43.0 Å². The fourth-order valence-corrected chi connectivity index (χ4v) is 5.80. The number of aliphatic imine (C=N–C) groups is 1. The van der Waals surface area contributed by atoms with E-state index >= 15 is 0 Å². The maximum Gasteiger partial charge on any atom is 0.357 e. The molecule has 0 unspecified atom stereocenters. The van der Waals surface area contributed by atoms with E-state index in [0.29, 0.717) is 0 Å². The number of para-hydroxylation sites is 1. The molecule has 0 N–H and O–H groups in total. The number of amidine groups is 1. The van der Waals surface area contributed by atoms with Crippen LogP contribution in [0.15, 0.2) is 40.5 Å². The van der Waals surface area contributed by atoms with Crippen molar-refractivity contribution < 1.29 is 33.4 Å². The van der Waals surface area contributed by atoms with Crippen LogP contribution < -0.4 is 4.90 Å². The van der Waals surface area contributed by atoms with Crippen molar-refractivity contribution in [3.05, 3.63) is 41.1 Å². The summed E-state index contributed by atoms with van der Waals surface area (Å²) < 4.78 is 15.3. The Morgan fingerprint density at radius 3 is 2.37 bits per heavy atom. The van der Waals surface area contributed by atoms with Crippen LogP contribution in [0.2, 0.25) is 0 Å². The second-order valence-electron chi connectivity index (χ2n) is 9.73. The molecule has 1 fully saturated rings. The number of carbonyl (C=O) groups excluding carboxylic acids is 4. The third-order valence-electron chi connectivity index (χ3n) is 7.21. The van der Waals surface area contributed by atoms with Gasteiger partial charge in [-0.3, -0.25) is 9.69 Å². The number of benzene rings is 1. The van der Waals surface area contributed by atoms with Gasteiger partial charge in [-0.1, -0.05) is 38.0 Å². The minimum absolute atomic E-state index is 0.00854. The molecule has 3 aliphatic heterocycles. The average Bonchev–Trinajstić information content (AvgIpc) is 3.40. The molecule has 1 amide bonds. The largest absolute Gasteiger partial charge is 0.467 e. The molecule has 0 radical (unpaired) electrons. The summed E-state index contributed by atoms with van der Waals surface area (Å²) in [5.41, 5.74) is 0.0884. The highest BCUT2D eigenvalue weighted by Crippen LogP contribution is 2.57. The quantitative estimate of drug-likeness (QED) is 0.317. The van der Waals surface area contributed by atoms with E-state index in [4.69, 9.17) is 14.2 Å². The van der Waals surface area contributed by atoms with Gasteiger partial charge in [0.05, 0.1) is 44.9 Å². The summed E-state index contributed by atoms with van der Waals surface area (Å²) in [5.74, 6) is 3.56. The number of ether oxygens (including phenoxy) is 3. The Bertz CT molecular complexity index is 1320. The number of amides is 1. The highest BCUT2D eigenvalue weighted by atomic mass is 16.5. The summed E-state index contributed by atoms with van der Waals surface area (Å²) in [6.07, 6.45) is 0.232. The van der Waals surface area contributed by atoms with Crippen LogP contribution in [0, 0.1) is 17.8 Å². The third kappa shape index (κ3) is 3.93. The van der Waals surface area contributed by atoms with Crippen LogP contribution in [-0.2, 0) is 38.8 Å². The van der Waals surface area contributed by atoms with Crippen molar-refractivity contribution in [3.63, 3.8) is 0 Å². The molecule has 0 aliphatic carbocycles. The standard InChI is InChI=1S/C28H31N3O7/c1-7-8-13-30-18-12-10-9-11-17(18)28-15-19(24(33)36-4)31(20(32)14-16(2)3)27(28)29-22(26(35)38-6)21(23(28)30)25(34)37-5/h9-12,16,19,23H,13-15H2,1-6H3/t19-,23-,28-/m0/s1. The highest BCUT2D eigenvalue weighted by molar-refractivity contribution is 6.17. The first-order valence-electron chi connectivity index (χ1n) is 12.3. The first-order valence-corrected chi connectivity index (χ1v) is 12.3. The van der Waals surface area contributed by atoms with Crippen LogP contribution in [0.1, 0.15) is 39.2 Å². The Morgan fingerprint density at radius 2 is 1.76 bits per heavy atom. The number of esters is 3. The Kier molecular flexibility index (Phi) is 7.31. The Morgan fingerprint density at radius 1 is 1.08 bits per heavy atom. The van der Waals surface area contributed by atoms with E-state index in [9.17, 15) is 19.2 Å². The summed E-state index contributed by atoms with van der Waals surface area (Å²) in [4.78, 5) is 61.1. The Labute approximate surface area is 221 Å². The predicted octanol–water partition coefficient (Wildman–Crippen LogP) is 1.97. The molecule has 1 aromatic carbocycles. The predicted molar refractivity (Wildman–Crippen MR) is 138 cm³/mol. The molecule has 1 saturated heterocycles. The number of hydrogen-bond acceptors (Lipinski definition) is 9. The second kappa shape index (κ2) is 10.3.